The molecule has 0 saturated carbocycles. The van der Waals surface area contributed by atoms with Crippen molar-refractivity contribution >= 4 is 0 Å². The van der Waals surface area contributed by atoms with Gasteiger partial charge < -0.3 is 10.8 Å². The summed E-state index contributed by atoms with van der Waals surface area (Å²) in [5.74, 6) is 0.689. The molecule has 0 aliphatic heterocycles. The van der Waals surface area contributed by atoms with Crippen LogP contribution in [0, 0.1) is 5.92 Å². The van der Waals surface area contributed by atoms with Gasteiger partial charge in [-0.2, -0.15) is 0 Å². The van der Waals surface area contributed by atoms with E-state index in [9.17, 15) is 0 Å². The molecule has 0 bridgehead atoms. The molecule has 0 fully saturated rings. The van der Waals surface area contributed by atoms with Crippen molar-refractivity contribution < 1.29 is 5.11 Å². The average molecular weight is 221 g/mol. The van der Waals surface area contributed by atoms with Crippen LogP contribution in [0.25, 0.3) is 0 Å². The van der Waals surface area contributed by atoms with Crippen LogP contribution in [-0.4, -0.2) is 11.7 Å². The number of nitrogens with two attached hydrogens (primary N) is 1. The summed E-state index contributed by atoms with van der Waals surface area (Å²) in [5.41, 5.74) is 8.56. The molecule has 0 aliphatic rings. The third-order valence-corrected chi connectivity index (χ3v) is 2.73. The number of aliphatic hydroxyl groups is 1. The predicted octanol–water partition coefficient (Wildman–Crippen LogP) is 2.66. The highest BCUT2D eigenvalue weighted by Crippen LogP contribution is 2.17. The molecular formula is C14H23NO. The molecule has 0 heterocycles. The largest absolute Gasteiger partial charge is 0.396 e. The Morgan fingerprint density at radius 3 is 2.31 bits per heavy atom. The molecular weight excluding hydrogens is 198 g/mol. The number of aliphatic hydroxyl groups excluding tert-OH is 1. The molecule has 0 amide bonds. The van der Waals surface area contributed by atoms with E-state index in [0.717, 1.165) is 19.3 Å². The second kappa shape index (κ2) is 6.66. The SMILES string of the molecule is CC(C)Cc1ccc(C(N)CCCO)cc1. The predicted molar refractivity (Wildman–Crippen MR) is 68.2 cm³/mol. The first-order valence-corrected chi connectivity index (χ1v) is 6.08. The zero-order valence-corrected chi connectivity index (χ0v) is 10.3. The lowest BCUT2D eigenvalue weighted by Crippen LogP contribution is -2.10. The second-order valence-electron chi connectivity index (χ2n) is 4.81. The number of hydrogen-bond donors (Lipinski definition) is 2. The van der Waals surface area contributed by atoms with Crippen molar-refractivity contribution in [3.05, 3.63) is 35.4 Å². The molecule has 3 N–H and O–H groups in total. The first-order chi connectivity index (χ1) is 7.63. The van der Waals surface area contributed by atoms with Crippen LogP contribution in [0.3, 0.4) is 0 Å². The fourth-order valence-electron chi connectivity index (χ4n) is 1.85. The lowest BCUT2D eigenvalue weighted by molar-refractivity contribution is 0.280. The Morgan fingerprint density at radius 2 is 1.81 bits per heavy atom. The minimum Gasteiger partial charge on any atom is -0.396 e. The van der Waals surface area contributed by atoms with Crippen molar-refractivity contribution in [2.75, 3.05) is 6.61 Å². The summed E-state index contributed by atoms with van der Waals surface area (Å²) in [6.07, 6.45) is 2.74. The van der Waals surface area contributed by atoms with E-state index in [4.69, 9.17) is 10.8 Å². The maximum Gasteiger partial charge on any atom is 0.0431 e. The van der Waals surface area contributed by atoms with Crippen molar-refractivity contribution in [1.82, 2.24) is 0 Å². The summed E-state index contributed by atoms with van der Waals surface area (Å²) in [6, 6.07) is 8.60. The average Bonchev–Trinajstić information content (AvgIpc) is 2.26. The van der Waals surface area contributed by atoms with E-state index in [0.29, 0.717) is 5.92 Å². The van der Waals surface area contributed by atoms with Crippen LogP contribution in [0.1, 0.15) is 43.9 Å². The van der Waals surface area contributed by atoms with Crippen LogP contribution >= 0.6 is 0 Å². The van der Waals surface area contributed by atoms with E-state index >= 15 is 0 Å². The quantitative estimate of drug-likeness (QED) is 0.775. The number of rotatable bonds is 6. The van der Waals surface area contributed by atoms with E-state index < -0.39 is 0 Å². The maximum atomic E-state index is 8.75. The minimum atomic E-state index is 0.0558. The molecule has 2 heteroatoms. The van der Waals surface area contributed by atoms with Crippen molar-refractivity contribution in [1.29, 1.82) is 0 Å². The van der Waals surface area contributed by atoms with Crippen molar-refractivity contribution in [3.63, 3.8) is 0 Å². The van der Waals surface area contributed by atoms with Gasteiger partial charge >= 0.3 is 0 Å². The molecule has 2 nitrogen and oxygen atoms in total. The fourth-order valence-corrected chi connectivity index (χ4v) is 1.85. The summed E-state index contributed by atoms with van der Waals surface area (Å²) >= 11 is 0. The maximum absolute atomic E-state index is 8.75. The Bertz CT molecular complexity index is 292. The standard InChI is InChI=1S/C14H23NO/c1-11(2)10-12-5-7-13(8-6-12)14(15)4-3-9-16/h5-8,11,14,16H,3-4,9-10,15H2,1-2H3. The van der Waals surface area contributed by atoms with Crippen LogP contribution in [-0.2, 0) is 6.42 Å². The van der Waals surface area contributed by atoms with E-state index in [-0.39, 0.29) is 12.6 Å². The van der Waals surface area contributed by atoms with E-state index in [1.807, 2.05) is 0 Å². The van der Waals surface area contributed by atoms with Gasteiger partial charge in [-0.15, -0.1) is 0 Å². The van der Waals surface area contributed by atoms with Gasteiger partial charge in [0.1, 0.15) is 0 Å². The summed E-state index contributed by atoms with van der Waals surface area (Å²) in [7, 11) is 0. The van der Waals surface area contributed by atoms with Gasteiger partial charge in [0.15, 0.2) is 0 Å². The monoisotopic (exact) mass is 221 g/mol. The van der Waals surface area contributed by atoms with Gasteiger partial charge in [-0.25, -0.2) is 0 Å². The molecule has 1 aromatic carbocycles. The molecule has 1 atom stereocenters. The number of hydrogen-bond acceptors (Lipinski definition) is 2. The molecule has 16 heavy (non-hydrogen) atoms. The van der Waals surface area contributed by atoms with E-state index in [1.54, 1.807) is 0 Å². The van der Waals surface area contributed by atoms with Crippen molar-refractivity contribution in [2.45, 2.75) is 39.2 Å². The zero-order valence-electron chi connectivity index (χ0n) is 10.3. The van der Waals surface area contributed by atoms with Crippen molar-refractivity contribution in [2.24, 2.45) is 11.7 Å². The molecule has 0 saturated heterocycles. The molecule has 0 aliphatic carbocycles. The highest BCUT2D eigenvalue weighted by molar-refractivity contribution is 5.25. The third-order valence-electron chi connectivity index (χ3n) is 2.73. The molecule has 0 radical (unpaired) electrons. The van der Waals surface area contributed by atoms with Gasteiger partial charge in [0.05, 0.1) is 0 Å². The first kappa shape index (κ1) is 13.2. The van der Waals surface area contributed by atoms with Crippen LogP contribution in [0.4, 0.5) is 0 Å². The van der Waals surface area contributed by atoms with Crippen molar-refractivity contribution in [3.8, 4) is 0 Å². The summed E-state index contributed by atoms with van der Waals surface area (Å²) < 4.78 is 0. The third kappa shape index (κ3) is 4.33. The number of benzene rings is 1. The smallest absolute Gasteiger partial charge is 0.0431 e. The Kier molecular flexibility index (Phi) is 5.50. The molecule has 1 rings (SSSR count). The molecule has 0 spiro atoms. The van der Waals surface area contributed by atoms with Gasteiger partial charge in [0, 0.05) is 12.6 Å². The zero-order chi connectivity index (χ0) is 12.0. The fraction of sp³-hybridized carbons (Fsp3) is 0.571. The van der Waals surface area contributed by atoms with Gasteiger partial charge in [-0.05, 0) is 36.3 Å². The second-order valence-corrected chi connectivity index (χ2v) is 4.81. The van der Waals surface area contributed by atoms with Gasteiger partial charge in [0.2, 0.25) is 0 Å². The van der Waals surface area contributed by atoms with Gasteiger partial charge in [-0.3, -0.25) is 0 Å². The minimum absolute atomic E-state index is 0.0558. The van der Waals surface area contributed by atoms with E-state index in [2.05, 4.69) is 38.1 Å². The highest BCUT2D eigenvalue weighted by atomic mass is 16.2. The Hall–Kier alpha value is -0.860. The topological polar surface area (TPSA) is 46.2 Å². The molecule has 0 aromatic heterocycles. The summed E-state index contributed by atoms with van der Waals surface area (Å²) in [4.78, 5) is 0. The van der Waals surface area contributed by atoms with Crippen LogP contribution < -0.4 is 5.73 Å². The normalized spacial score (nSPS) is 13.1. The first-order valence-electron chi connectivity index (χ1n) is 6.08. The van der Waals surface area contributed by atoms with Gasteiger partial charge in [0.25, 0.3) is 0 Å². The summed E-state index contributed by atoms with van der Waals surface area (Å²) in [6.45, 7) is 4.67. The molecule has 90 valence electrons. The molecule has 1 aromatic rings. The Balaban J connectivity index is 2.56. The highest BCUT2D eigenvalue weighted by Gasteiger charge is 2.05. The van der Waals surface area contributed by atoms with Gasteiger partial charge in [-0.1, -0.05) is 38.1 Å². The summed E-state index contributed by atoms with van der Waals surface area (Å²) in [5, 5.41) is 8.75. The lowest BCUT2D eigenvalue weighted by atomic mass is 9.98. The van der Waals surface area contributed by atoms with Crippen LogP contribution in [0.5, 0.6) is 0 Å². The molecule has 1 unspecified atom stereocenters. The Labute approximate surface area is 98.5 Å². The van der Waals surface area contributed by atoms with E-state index in [1.165, 1.54) is 11.1 Å². The van der Waals surface area contributed by atoms with Crippen LogP contribution in [0.15, 0.2) is 24.3 Å². The lowest BCUT2D eigenvalue weighted by Gasteiger charge is -2.12. The van der Waals surface area contributed by atoms with Crippen LogP contribution in [0.2, 0.25) is 0 Å². The Morgan fingerprint density at radius 1 is 1.19 bits per heavy atom.